The number of aliphatic hydroxyl groups excluding tert-OH is 1. The maximum Gasteiger partial charge on any atom is 0.144 e. The molecule has 1 rings (SSSR count). The first-order chi connectivity index (χ1) is 6.83. The Labute approximate surface area is 84.1 Å². The quantitative estimate of drug-likeness (QED) is 0.581. The first-order valence-electron chi connectivity index (χ1n) is 4.31. The van der Waals surface area contributed by atoms with Gasteiger partial charge in [0.25, 0.3) is 0 Å². The van der Waals surface area contributed by atoms with Crippen LogP contribution in [0.25, 0.3) is 0 Å². The molecule has 1 N–H and O–H groups in total. The van der Waals surface area contributed by atoms with E-state index in [-0.39, 0.29) is 6.04 Å². The van der Waals surface area contributed by atoms with Gasteiger partial charge in [-0.3, -0.25) is 4.99 Å². The Bertz CT molecular complexity index is 270. The third kappa shape index (κ3) is 5.22. The molecule has 0 aliphatic rings. The molecular weight excluding hydrogens is 178 g/mol. The van der Waals surface area contributed by atoms with Gasteiger partial charge in [0.05, 0.1) is 0 Å². The summed E-state index contributed by atoms with van der Waals surface area (Å²) in [4.78, 5) is 14.2. The second-order valence-corrected chi connectivity index (χ2v) is 2.57. The Kier molecular flexibility index (Phi) is 7.27. The number of carbonyl (C=O) groups excluding carboxylic acids is 1. The largest absolute Gasteiger partial charge is 0.400 e. The van der Waals surface area contributed by atoms with Gasteiger partial charge in [-0.1, -0.05) is 30.3 Å². The SMILES string of the molecule is CC(C=O)N=Cc1ccccc1.CO. The number of benzene rings is 1. The average molecular weight is 193 g/mol. The summed E-state index contributed by atoms with van der Waals surface area (Å²) in [6.45, 7) is 1.76. The van der Waals surface area contributed by atoms with E-state index in [1.165, 1.54) is 0 Å². The lowest BCUT2D eigenvalue weighted by atomic mass is 10.2. The molecule has 0 spiro atoms. The fraction of sp³-hybridized carbons (Fsp3) is 0.273. The minimum atomic E-state index is -0.245. The fourth-order valence-electron chi connectivity index (χ4n) is 0.778. The zero-order valence-corrected chi connectivity index (χ0v) is 8.42. The molecule has 1 aromatic rings. The van der Waals surface area contributed by atoms with E-state index in [1.807, 2.05) is 30.3 Å². The molecule has 1 aromatic carbocycles. The van der Waals surface area contributed by atoms with E-state index in [1.54, 1.807) is 13.1 Å². The zero-order chi connectivity index (χ0) is 10.8. The van der Waals surface area contributed by atoms with Crippen LogP contribution in [0.15, 0.2) is 35.3 Å². The minimum Gasteiger partial charge on any atom is -0.400 e. The lowest BCUT2D eigenvalue weighted by molar-refractivity contribution is -0.108. The normalized spacial score (nSPS) is 11.6. The monoisotopic (exact) mass is 193 g/mol. The van der Waals surface area contributed by atoms with Crippen LogP contribution < -0.4 is 0 Å². The van der Waals surface area contributed by atoms with Gasteiger partial charge < -0.3 is 9.90 Å². The van der Waals surface area contributed by atoms with Gasteiger partial charge in [0.15, 0.2) is 0 Å². The van der Waals surface area contributed by atoms with E-state index < -0.39 is 0 Å². The van der Waals surface area contributed by atoms with E-state index in [4.69, 9.17) is 5.11 Å². The molecule has 0 aliphatic carbocycles. The van der Waals surface area contributed by atoms with Gasteiger partial charge in [0.1, 0.15) is 12.3 Å². The highest BCUT2D eigenvalue weighted by Crippen LogP contribution is 1.94. The summed E-state index contributed by atoms with van der Waals surface area (Å²) < 4.78 is 0. The predicted molar refractivity (Wildman–Crippen MR) is 57.7 cm³/mol. The highest BCUT2D eigenvalue weighted by atomic mass is 16.2. The van der Waals surface area contributed by atoms with Crippen molar-refractivity contribution in [2.45, 2.75) is 13.0 Å². The number of aliphatic imine (C=N–C) groups is 1. The molecule has 0 aliphatic heterocycles. The molecule has 1 unspecified atom stereocenters. The van der Waals surface area contributed by atoms with Crippen LogP contribution in [0.5, 0.6) is 0 Å². The molecule has 0 radical (unpaired) electrons. The van der Waals surface area contributed by atoms with Crippen LogP contribution in [-0.4, -0.2) is 30.8 Å². The van der Waals surface area contributed by atoms with Crippen LogP contribution >= 0.6 is 0 Å². The van der Waals surface area contributed by atoms with Crippen molar-refractivity contribution in [1.82, 2.24) is 0 Å². The number of rotatable bonds is 3. The zero-order valence-electron chi connectivity index (χ0n) is 8.42. The van der Waals surface area contributed by atoms with Gasteiger partial charge in [-0.2, -0.15) is 0 Å². The third-order valence-electron chi connectivity index (χ3n) is 1.46. The molecule has 14 heavy (non-hydrogen) atoms. The second-order valence-electron chi connectivity index (χ2n) is 2.57. The van der Waals surface area contributed by atoms with Crippen molar-refractivity contribution in [3.05, 3.63) is 35.9 Å². The van der Waals surface area contributed by atoms with Crippen molar-refractivity contribution in [3.8, 4) is 0 Å². The van der Waals surface area contributed by atoms with Crippen molar-refractivity contribution in [3.63, 3.8) is 0 Å². The van der Waals surface area contributed by atoms with Crippen LogP contribution in [0.3, 0.4) is 0 Å². The lowest BCUT2D eigenvalue weighted by Crippen LogP contribution is -1.98. The van der Waals surface area contributed by atoms with Crippen LogP contribution in [0.2, 0.25) is 0 Å². The summed E-state index contributed by atoms with van der Waals surface area (Å²) in [5.74, 6) is 0. The Morgan fingerprint density at radius 3 is 2.36 bits per heavy atom. The summed E-state index contributed by atoms with van der Waals surface area (Å²) in [5, 5.41) is 7.00. The smallest absolute Gasteiger partial charge is 0.144 e. The van der Waals surface area contributed by atoms with E-state index in [2.05, 4.69) is 4.99 Å². The number of aldehydes is 1. The first kappa shape index (κ1) is 12.5. The Hall–Kier alpha value is -1.48. The van der Waals surface area contributed by atoms with E-state index in [0.29, 0.717) is 0 Å². The molecule has 0 bridgehead atoms. The number of nitrogens with zero attached hydrogens (tertiary/aromatic N) is 1. The maximum atomic E-state index is 10.2. The van der Waals surface area contributed by atoms with Crippen LogP contribution in [0.1, 0.15) is 12.5 Å². The third-order valence-corrected chi connectivity index (χ3v) is 1.46. The number of hydrogen-bond donors (Lipinski definition) is 1. The summed E-state index contributed by atoms with van der Waals surface area (Å²) >= 11 is 0. The van der Waals surface area contributed by atoms with E-state index in [0.717, 1.165) is 19.0 Å². The molecule has 0 saturated heterocycles. The molecule has 76 valence electrons. The van der Waals surface area contributed by atoms with Crippen molar-refractivity contribution >= 4 is 12.5 Å². The van der Waals surface area contributed by atoms with Crippen molar-refractivity contribution in [1.29, 1.82) is 0 Å². The number of hydrogen-bond acceptors (Lipinski definition) is 3. The lowest BCUT2D eigenvalue weighted by Gasteiger charge is -1.93. The summed E-state index contributed by atoms with van der Waals surface area (Å²) in [7, 11) is 1.00. The van der Waals surface area contributed by atoms with E-state index in [9.17, 15) is 4.79 Å². The van der Waals surface area contributed by atoms with Crippen molar-refractivity contribution < 1.29 is 9.90 Å². The molecule has 0 fully saturated rings. The maximum absolute atomic E-state index is 10.2. The van der Waals surface area contributed by atoms with Gasteiger partial charge >= 0.3 is 0 Å². The van der Waals surface area contributed by atoms with Gasteiger partial charge in [0.2, 0.25) is 0 Å². The van der Waals surface area contributed by atoms with Crippen LogP contribution in [0.4, 0.5) is 0 Å². The molecule has 3 nitrogen and oxygen atoms in total. The molecule has 0 aromatic heterocycles. The van der Waals surface area contributed by atoms with Gasteiger partial charge in [-0.25, -0.2) is 0 Å². The highest BCUT2D eigenvalue weighted by Gasteiger charge is 1.91. The number of carbonyl (C=O) groups is 1. The highest BCUT2D eigenvalue weighted by molar-refractivity contribution is 5.80. The molecule has 0 saturated carbocycles. The molecule has 0 heterocycles. The average Bonchev–Trinajstić information content (AvgIpc) is 2.30. The molecule has 1 atom stereocenters. The first-order valence-corrected chi connectivity index (χ1v) is 4.31. The van der Waals surface area contributed by atoms with Gasteiger partial charge in [0, 0.05) is 13.3 Å². The van der Waals surface area contributed by atoms with Gasteiger partial charge in [-0.05, 0) is 12.5 Å². The molecule has 0 amide bonds. The Balaban J connectivity index is 0.000000791. The Morgan fingerprint density at radius 1 is 1.29 bits per heavy atom. The number of aliphatic hydroxyl groups is 1. The predicted octanol–water partition coefficient (Wildman–Crippen LogP) is 1.30. The van der Waals surface area contributed by atoms with Crippen LogP contribution in [-0.2, 0) is 4.79 Å². The van der Waals surface area contributed by atoms with Gasteiger partial charge in [-0.15, -0.1) is 0 Å². The second kappa shape index (κ2) is 8.13. The molecule has 3 heteroatoms. The fourth-order valence-corrected chi connectivity index (χ4v) is 0.778. The topological polar surface area (TPSA) is 49.7 Å². The standard InChI is InChI=1S/C10H11NO.CH4O/c1-9(8-12)11-7-10-5-3-2-4-6-10;1-2/h2-9H,1H3;2H,1H3. The summed E-state index contributed by atoms with van der Waals surface area (Å²) in [6, 6.07) is 9.47. The Morgan fingerprint density at radius 2 is 1.86 bits per heavy atom. The minimum absolute atomic E-state index is 0.245. The summed E-state index contributed by atoms with van der Waals surface area (Å²) in [6.07, 6.45) is 2.53. The molecular formula is C11H15NO2. The van der Waals surface area contributed by atoms with E-state index >= 15 is 0 Å². The van der Waals surface area contributed by atoms with Crippen LogP contribution in [0, 0.1) is 0 Å². The van der Waals surface area contributed by atoms with Crippen molar-refractivity contribution in [2.75, 3.05) is 7.11 Å². The summed E-state index contributed by atoms with van der Waals surface area (Å²) in [5.41, 5.74) is 1.02. The van der Waals surface area contributed by atoms with Crippen molar-refractivity contribution in [2.24, 2.45) is 4.99 Å².